The van der Waals surface area contributed by atoms with Crippen LogP contribution in [0.25, 0.3) is 10.8 Å². The maximum absolute atomic E-state index is 4.89. The number of nitrogens with zero attached hydrogens (tertiary/aromatic N) is 7. The molecular weight excluding hydrogens is 566 g/mol. The van der Waals surface area contributed by atoms with E-state index in [1.54, 1.807) is 0 Å². The van der Waals surface area contributed by atoms with Gasteiger partial charge in [0.05, 0.1) is 11.4 Å². The van der Waals surface area contributed by atoms with Crippen LogP contribution in [0.15, 0.2) is 121 Å². The van der Waals surface area contributed by atoms with Gasteiger partial charge in [0.25, 0.3) is 0 Å². The molecule has 7 heteroatoms. The van der Waals surface area contributed by atoms with Crippen molar-refractivity contribution < 1.29 is 0 Å². The minimum atomic E-state index is 0.768. The molecule has 0 saturated heterocycles. The SMILES string of the molecule is CN(C)C(=NCCCN(Cc1ccc(CN(Cc2ccccn2)Cc2ccccn2)cc1)Cc1cccc2ccccc12)N(C)C. The fraction of sp³-hybridized carbons (Fsp3) is 0.308. The summed E-state index contributed by atoms with van der Waals surface area (Å²) in [6.07, 6.45) is 4.72. The topological polar surface area (TPSA) is 51.1 Å². The molecule has 5 aromatic rings. The first kappa shape index (κ1) is 32.8. The number of hydrogen-bond donors (Lipinski definition) is 0. The number of pyridine rings is 2. The van der Waals surface area contributed by atoms with E-state index in [1.807, 2.05) is 52.7 Å². The van der Waals surface area contributed by atoms with Gasteiger partial charge in [-0.05, 0) is 58.1 Å². The Kier molecular flexibility index (Phi) is 11.9. The quantitative estimate of drug-likeness (QED) is 0.0789. The number of fused-ring (bicyclic) bond motifs is 1. The monoisotopic (exact) mass is 613 g/mol. The van der Waals surface area contributed by atoms with Crippen LogP contribution < -0.4 is 0 Å². The van der Waals surface area contributed by atoms with Crippen molar-refractivity contribution in [3.63, 3.8) is 0 Å². The summed E-state index contributed by atoms with van der Waals surface area (Å²) in [5.41, 5.74) is 6.08. The summed E-state index contributed by atoms with van der Waals surface area (Å²) < 4.78 is 0. The van der Waals surface area contributed by atoms with Crippen molar-refractivity contribution in [3.05, 3.63) is 144 Å². The predicted molar refractivity (Wildman–Crippen MR) is 190 cm³/mol. The number of aromatic nitrogens is 2. The van der Waals surface area contributed by atoms with Crippen molar-refractivity contribution in [2.24, 2.45) is 4.99 Å². The van der Waals surface area contributed by atoms with E-state index < -0.39 is 0 Å². The molecule has 0 fully saturated rings. The minimum Gasteiger partial charge on any atom is -0.349 e. The second-order valence-corrected chi connectivity index (χ2v) is 12.3. The second-order valence-electron chi connectivity index (χ2n) is 12.3. The molecule has 0 spiro atoms. The Morgan fingerprint density at radius 1 is 0.565 bits per heavy atom. The van der Waals surface area contributed by atoms with E-state index in [1.165, 1.54) is 27.5 Å². The average Bonchev–Trinajstić information content (AvgIpc) is 3.06. The molecular formula is C39H47N7. The van der Waals surface area contributed by atoms with Crippen molar-refractivity contribution in [2.75, 3.05) is 41.3 Å². The zero-order valence-corrected chi connectivity index (χ0v) is 27.8. The lowest BCUT2D eigenvalue weighted by Crippen LogP contribution is -2.35. The zero-order chi connectivity index (χ0) is 32.1. The van der Waals surface area contributed by atoms with Gasteiger partial charge in [0.15, 0.2) is 5.96 Å². The molecule has 2 heterocycles. The number of rotatable bonds is 14. The van der Waals surface area contributed by atoms with Crippen LogP contribution in [0.1, 0.15) is 34.5 Å². The zero-order valence-electron chi connectivity index (χ0n) is 27.8. The van der Waals surface area contributed by atoms with Gasteiger partial charge in [0.1, 0.15) is 0 Å². The molecule has 0 bridgehead atoms. The molecule has 46 heavy (non-hydrogen) atoms. The molecule has 0 atom stereocenters. The highest BCUT2D eigenvalue weighted by Crippen LogP contribution is 2.22. The third-order valence-corrected chi connectivity index (χ3v) is 8.02. The average molecular weight is 614 g/mol. The summed E-state index contributed by atoms with van der Waals surface area (Å²) in [7, 11) is 8.19. The summed E-state index contributed by atoms with van der Waals surface area (Å²) in [6, 6.07) is 36.7. The molecule has 7 nitrogen and oxygen atoms in total. The molecule has 0 aliphatic heterocycles. The maximum atomic E-state index is 4.89. The summed E-state index contributed by atoms with van der Waals surface area (Å²) in [5.74, 6) is 0.997. The largest absolute Gasteiger partial charge is 0.349 e. The van der Waals surface area contributed by atoms with Crippen molar-refractivity contribution in [3.8, 4) is 0 Å². The van der Waals surface area contributed by atoms with E-state index in [0.29, 0.717) is 0 Å². The van der Waals surface area contributed by atoms with E-state index in [4.69, 9.17) is 4.99 Å². The van der Waals surface area contributed by atoms with Crippen LogP contribution in [0.5, 0.6) is 0 Å². The lowest BCUT2D eigenvalue weighted by molar-refractivity contribution is 0.241. The van der Waals surface area contributed by atoms with Crippen molar-refractivity contribution in [1.29, 1.82) is 0 Å². The van der Waals surface area contributed by atoms with Gasteiger partial charge in [-0.2, -0.15) is 0 Å². The van der Waals surface area contributed by atoms with E-state index in [0.717, 1.165) is 69.6 Å². The van der Waals surface area contributed by atoms with Crippen LogP contribution in [0.3, 0.4) is 0 Å². The molecule has 0 unspecified atom stereocenters. The fourth-order valence-electron chi connectivity index (χ4n) is 5.92. The minimum absolute atomic E-state index is 0.768. The van der Waals surface area contributed by atoms with Crippen LogP contribution in [0.4, 0.5) is 0 Å². The third-order valence-electron chi connectivity index (χ3n) is 8.02. The molecule has 238 valence electrons. The molecule has 2 aromatic heterocycles. The van der Waals surface area contributed by atoms with Gasteiger partial charge >= 0.3 is 0 Å². The number of benzene rings is 3. The Bertz CT molecular complexity index is 1590. The van der Waals surface area contributed by atoms with Gasteiger partial charge in [-0.1, -0.05) is 78.9 Å². The Labute approximate surface area is 274 Å². The van der Waals surface area contributed by atoms with E-state index in [2.05, 4.69) is 121 Å². The highest BCUT2D eigenvalue weighted by Gasteiger charge is 2.13. The molecule has 0 saturated carbocycles. The predicted octanol–water partition coefficient (Wildman–Crippen LogP) is 6.70. The van der Waals surface area contributed by atoms with Gasteiger partial charge in [-0.3, -0.25) is 24.8 Å². The van der Waals surface area contributed by atoms with Crippen LogP contribution >= 0.6 is 0 Å². The van der Waals surface area contributed by atoms with E-state index in [-0.39, 0.29) is 0 Å². The number of aliphatic imine (C=N–C) groups is 1. The summed E-state index contributed by atoms with van der Waals surface area (Å²) in [6.45, 7) is 5.89. The third kappa shape index (κ3) is 9.70. The van der Waals surface area contributed by atoms with Crippen LogP contribution in [-0.4, -0.2) is 76.8 Å². The molecule has 0 N–H and O–H groups in total. The van der Waals surface area contributed by atoms with Crippen LogP contribution in [-0.2, 0) is 32.7 Å². The first-order valence-corrected chi connectivity index (χ1v) is 16.1. The van der Waals surface area contributed by atoms with Gasteiger partial charge in [0.2, 0.25) is 0 Å². The van der Waals surface area contributed by atoms with Gasteiger partial charge in [0, 0.05) is 86.4 Å². The van der Waals surface area contributed by atoms with Crippen molar-refractivity contribution in [2.45, 2.75) is 39.1 Å². The normalized spacial score (nSPS) is 11.3. The summed E-state index contributed by atoms with van der Waals surface area (Å²) in [5, 5.41) is 2.61. The molecule has 0 aliphatic carbocycles. The Hall–Kier alpha value is -4.59. The maximum Gasteiger partial charge on any atom is 0.195 e. The van der Waals surface area contributed by atoms with E-state index in [9.17, 15) is 0 Å². The Morgan fingerprint density at radius 2 is 1.13 bits per heavy atom. The van der Waals surface area contributed by atoms with Crippen LogP contribution in [0, 0.1) is 0 Å². The van der Waals surface area contributed by atoms with E-state index >= 15 is 0 Å². The van der Waals surface area contributed by atoms with Gasteiger partial charge < -0.3 is 9.80 Å². The summed E-state index contributed by atoms with van der Waals surface area (Å²) >= 11 is 0. The molecule has 3 aromatic carbocycles. The number of hydrogen-bond acceptors (Lipinski definition) is 5. The Morgan fingerprint density at radius 3 is 1.72 bits per heavy atom. The second kappa shape index (κ2) is 16.6. The highest BCUT2D eigenvalue weighted by atomic mass is 15.3. The lowest BCUT2D eigenvalue weighted by atomic mass is 10.0. The first-order chi connectivity index (χ1) is 22.4. The Balaban J connectivity index is 1.29. The smallest absolute Gasteiger partial charge is 0.195 e. The molecule has 0 amide bonds. The van der Waals surface area contributed by atoms with Gasteiger partial charge in [-0.15, -0.1) is 0 Å². The fourth-order valence-corrected chi connectivity index (χ4v) is 5.92. The summed E-state index contributed by atoms with van der Waals surface area (Å²) in [4.78, 5) is 23.2. The van der Waals surface area contributed by atoms with Crippen molar-refractivity contribution >= 4 is 16.7 Å². The standard InChI is InChI=1S/C39H47N7/c1-43(2)39(44(3)4)42-25-12-26-45(29-35-15-11-14-34-13-5-6-18-38(34)35)27-32-19-21-33(22-20-32)28-46(30-36-16-7-9-23-40-36)31-37-17-8-10-24-41-37/h5-11,13-24H,12,25-31H2,1-4H3. The first-order valence-electron chi connectivity index (χ1n) is 16.1. The highest BCUT2D eigenvalue weighted by molar-refractivity contribution is 5.85. The van der Waals surface area contributed by atoms with Crippen molar-refractivity contribution in [1.82, 2.24) is 29.6 Å². The molecule has 0 radical (unpaired) electrons. The molecule has 0 aliphatic rings. The van der Waals surface area contributed by atoms with Crippen LogP contribution in [0.2, 0.25) is 0 Å². The van der Waals surface area contributed by atoms with Gasteiger partial charge in [-0.25, -0.2) is 0 Å². The lowest BCUT2D eigenvalue weighted by Gasteiger charge is -2.25. The number of guanidine groups is 1. The molecule has 5 rings (SSSR count).